The smallest absolute Gasteiger partial charge is 0.384 e. The highest BCUT2D eigenvalue weighted by molar-refractivity contribution is 5.45. The van der Waals surface area contributed by atoms with Crippen LogP contribution in [0.4, 0.5) is 24.8 Å². The van der Waals surface area contributed by atoms with Gasteiger partial charge in [0, 0.05) is 18.2 Å². The van der Waals surface area contributed by atoms with Crippen molar-refractivity contribution < 1.29 is 13.2 Å². The molecule has 0 amide bonds. The van der Waals surface area contributed by atoms with E-state index in [0.29, 0.717) is 6.54 Å². The summed E-state index contributed by atoms with van der Waals surface area (Å²) in [7, 11) is 3.98. The summed E-state index contributed by atoms with van der Waals surface area (Å²) in [6, 6.07) is 1.33. The summed E-state index contributed by atoms with van der Waals surface area (Å²) in [6.45, 7) is 0.535. The highest BCUT2D eigenvalue weighted by Crippen LogP contribution is 2.34. The van der Waals surface area contributed by atoms with Gasteiger partial charge in [0.25, 0.3) is 0 Å². The average Bonchev–Trinajstić information content (AvgIpc) is 2.85. The molecule has 5 nitrogen and oxygen atoms in total. The molecule has 0 bridgehead atoms. The van der Waals surface area contributed by atoms with Gasteiger partial charge in [-0.3, -0.25) is 0 Å². The van der Waals surface area contributed by atoms with Gasteiger partial charge in [-0.1, -0.05) is 12.8 Å². The summed E-state index contributed by atoms with van der Waals surface area (Å²) >= 11 is 0. The van der Waals surface area contributed by atoms with Crippen molar-refractivity contribution in [3.05, 3.63) is 11.9 Å². The lowest BCUT2D eigenvalue weighted by Crippen LogP contribution is -2.47. The fourth-order valence-electron chi connectivity index (χ4n) is 2.75. The molecule has 1 fully saturated rings. The molecule has 1 aliphatic carbocycles. The number of anilines is 2. The molecule has 1 aromatic rings. The van der Waals surface area contributed by atoms with Crippen molar-refractivity contribution in [1.29, 1.82) is 0 Å². The molecule has 3 N–H and O–H groups in total. The Bertz CT molecular complexity index is 495. The van der Waals surface area contributed by atoms with Gasteiger partial charge in [-0.15, -0.1) is 0 Å². The Hall–Kier alpha value is -1.57. The van der Waals surface area contributed by atoms with Crippen molar-refractivity contribution in [3.8, 4) is 0 Å². The molecule has 0 spiro atoms. The average molecular weight is 303 g/mol. The van der Waals surface area contributed by atoms with E-state index in [9.17, 15) is 13.2 Å². The van der Waals surface area contributed by atoms with E-state index in [4.69, 9.17) is 5.73 Å². The zero-order chi connectivity index (χ0) is 15.7. The molecule has 1 heterocycles. The summed E-state index contributed by atoms with van der Waals surface area (Å²) < 4.78 is 38.0. The van der Waals surface area contributed by atoms with Gasteiger partial charge in [-0.25, -0.2) is 9.97 Å². The van der Waals surface area contributed by atoms with Crippen molar-refractivity contribution in [2.45, 2.75) is 37.4 Å². The van der Waals surface area contributed by atoms with Crippen molar-refractivity contribution in [2.24, 2.45) is 0 Å². The van der Waals surface area contributed by atoms with Gasteiger partial charge < -0.3 is 16.0 Å². The standard InChI is InChI=1S/C13H20F3N5/c1-21(2)12(5-3-4-6-12)8-18-10-7-9(17)19-11(20-10)13(14,15)16/h7H,3-6,8H2,1-2H3,(H3,17,18,19,20). The van der Waals surface area contributed by atoms with E-state index in [1.54, 1.807) is 0 Å². The van der Waals surface area contributed by atoms with Crippen molar-refractivity contribution >= 4 is 11.6 Å². The number of nitrogen functional groups attached to an aromatic ring is 1. The van der Waals surface area contributed by atoms with Crippen LogP contribution in [0.15, 0.2) is 6.07 Å². The zero-order valence-corrected chi connectivity index (χ0v) is 12.2. The van der Waals surface area contributed by atoms with Crippen LogP contribution in [0, 0.1) is 0 Å². The lowest BCUT2D eigenvalue weighted by atomic mass is 9.96. The lowest BCUT2D eigenvalue weighted by Gasteiger charge is -2.36. The molecule has 21 heavy (non-hydrogen) atoms. The van der Waals surface area contributed by atoms with Crippen LogP contribution in [0.2, 0.25) is 0 Å². The van der Waals surface area contributed by atoms with Crippen LogP contribution in [0.1, 0.15) is 31.5 Å². The summed E-state index contributed by atoms with van der Waals surface area (Å²) in [5, 5.41) is 2.99. The van der Waals surface area contributed by atoms with Crippen molar-refractivity contribution in [2.75, 3.05) is 31.7 Å². The number of alkyl halides is 3. The normalized spacial score (nSPS) is 18.2. The molecule has 1 saturated carbocycles. The van der Waals surface area contributed by atoms with E-state index in [-0.39, 0.29) is 17.2 Å². The van der Waals surface area contributed by atoms with E-state index in [0.717, 1.165) is 25.7 Å². The van der Waals surface area contributed by atoms with Crippen molar-refractivity contribution in [3.63, 3.8) is 0 Å². The molecule has 1 aromatic heterocycles. The molecular formula is C13H20F3N5. The Morgan fingerprint density at radius 1 is 1.29 bits per heavy atom. The monoisotopic (exact) mass is 303 g/mol. The molecule has 8 heteroatoms. The van der Waals surface area contributed by atoms with Gasteiger partial charge >= 0.3 is 6.18 Å². The third kappa shape index (κ3) is 3.55. The van der Waals surface area contributed by atoms with E-state index < -0.39 is 12.0 Å². The first-order chi connectivity index (χ1) is 9.73. The van der Waals surface area contributed by atoms with E-state index in [1.165, 1.54) is 6.07 Å². The van der Waals surface area contributed by atoms with Crippen LogP contribution in [0.25, 0.3) is 0 Å². The minimum Gasteiger partial charge on any atom is -0.384 e. The molecule has 0 unspecified atom stereocenters. The Kier molecular flexibility index (Phi) is 4.27. The second-order valence-corrected chi connectivity index (χ2v) is 5.68. The predicted molar refractivity (Wildman–Crippen MR) is 74.8 cm³/mol. The first-order valence-corrected chi connectivity index (χ1v) is 6.86. The maximum Gasteiger partial charge on any atom is 0.451 e. The third-order valence-corrected chi connectivity index (χ3v) is 4.08. The molecule has 2 rings (SSSR count). The van der Waals surface area contributed by atoms with Crippen LogP contribution in [-0.4, -0.2) is 41.0 Å². The highest BCUT2D eigenvalue weighted by atomic mass is 19.4. The van der Waals surface area contributed by atoms with Crippen LogP contribution in [-0.2, 0) is 6.18 Å². The lowest BCUT2D eigenvalue weighted by molar-refractivity contribution is -0.144. The Labute approximate surface area is 121 Å². The van der Waals surface area contributed by atoms with Gasteiger partial charge in [-0.2, -0.15) is 13.2 Å². The van der Waals surface area contributed by atoms with E-state index >= 15 is 0 Å². The molecular weight excluding hydrogens is 283 g/mol. The zero-order valence-electron chi connectivity index (χ0n) is 12.2. The second kappa shape index (κ2) is 5.67. The number of halogens is 3. The number of rotatable bonds is 4. The maximum atomic E-state index is 12.7. The van der Waals surface area contributed by atoms with Gasteiger partial charge in [0.2, 0.25) is 5.82 Å². The molecule has 0 saturated heterocycles. The highest BCUT2D eigenvalue weighted by Gasteiger charge is 2.37. The Balaban J connectivity index is 2.14. The fraction of sp³-hybridized carbons (Fsp3) is 0.692. The van der Waals surface area contributed by atoms with E-state index in [1.807, 2.05) is 14.1 Å². The van der Waals surface area contributed by atoms with Gasteiger partial charge in [0.05, 0.1) is 0 Å². The number of hydrogen-bond donors (Lipinski definition) is 2. The second-order valence-electron chi connectivity index (χ2n) is 5.68. The van der Waals surface area contributed by atoms with Crippen LogP contribution in [0.5, 0.6) is 0 Å². The molecule has 0 aromatic carbocycles. The number of aromatic nitrogens is 2. The minimum absolute atomic E-state index is 0.0435. The number of nitrogens with one attached hydrogen (secondary N) is 1. The predicted octanol–water partition coefficient (Wildman–Crippen LogP) is 2.36. The number of likely N-dealkylation sites (N-methyl/N-ethyl adjacent to an activating group) is 1. The number of nitrogens with zero attached hydrogens (tertiary/aromatic N) is 3. The summed E-state index contributed by atoms with van der Waals surface area (Å²) in [4.78, 5) is 8.87. The first-order valence-electron chi connectivity index (χ1n) is 6.86. The Morgan fingerprint density at radius 3 is 2.43 bits per heavy atom. The number of nitrogens with two attached hydrogens (primary N) is 1. The molecule has 0 atom stereocenters. The minimum atomic E-state index is -4.60. The summed E-state index contributed by atoms with van der Waals surface area (Å²) in [6.07, 6.45) is -0.322. The summed E-state index contributed by atoms with van der Waals surface area (Å²) in [5.74, 6) is -1.29. The summed E-state index contributed by atoms with van der Waals surface area (Å²) in [5.41, 5.74) is 5.39. The fourth-order valence-corrected chi connectivity index (χ4v) is 2.75. The largest absolute Gasteiger partial charge is 0.451 e. The van der Waals surface area contributed by atoms with Gasteiger partial charge in [0.1, 0.15) is 11.6 Å². The SMILES string of the molecule is CN(C)C1(CNc2cc(N)nc(C(F)(F)F)n2)CCCC1. The Morgan fingerprint density at radius 2 is 1.90 bits per heavy atom. The van der Waals surface area contributed by atoms with E-state index in [2.05, 4.69) is 20.2 Å². The first kappa shape index (κ1) is 15.8. The molecule has 118 valence electrons. The molecule has 1 aliphatic rings. The number of hydrogen-bond acceptors (Lipinski definition) is 5. The van der Waals surface area contributed by atoms with Crippen LogP contribution >= 0.6 is 0 Å². The maximum absolute atomic E-state index is 12.7. The van der Waals surface area contributed by atoms with Gasteiger partial charge in [0.15, 0.2) is 0 Å². The van der Waals surface area contributed by atoms with Crippen LogP contribution in [0.3, 0.4) is 0 Å². The van der Waals surface area contributed by atoms with Crippen LogP contribution < -0.4 is 11.1 Å². The molecule has 0 aliphatic heterocycles. The molecule has 0 radical (unpaired) electrons. The quantitative estimate of drug-likeness (QED) is 0.894. The van der Waals surface area contributed by atoms with Crippen molar-refractivity contribution in [1.82, 2.24) is 14.9 Å². The topological polar surface area (TPSA) is 67.1 Å². The van der Waals surface area contributed by atoms with Gasteiger partial charge in [-0.05, 0) is 26.9 Å². The third-order valence-electron chi connectivity index (χ3n) is 4.08.